The van der Waals surface area contributed by atoms with E-state index in [1.807, 2.05) is 0 Å². The summed E-state index contributed by atoms with van der Waals surface area (Å²) >= 11 is 0. The molecule has 2 aromatic carbocycles. The Morgan fingerprint density at radius 3 is 2.56 bits per heavy atom. The van der Waals surface area contributed by atoms with Crippen molar-refractivity contribution >= 4 is 16.9 Å². The molecular formula is C21H15NO5. The molecule has 6 heteroatoms. The van der Waals surface area contributed by atoms with Crippen molar-refractivity contribution in [3.05, 3.63) is 75.9 Å². The molecule has 1 aliphatic heterocycles. The molecule has 0 aromatic heterocycles. The van der Waals surface area contributed by atoms with Crippen molar-refractivity contribution in [1.82, 2.24) is 0 Å². The highest BCUT2D eigenvalue weighted by Crippen LogP contribution is 2.43. The van der Waals surface area contributed by atoms with Gasteiger partial charge in [-0.1, -0.05) is 18.2 Å². The maximum atomic E-state index is 11.8. The van der Waals surface area contributed by atoms with Crippen LogP contribution in [0.5, 0.6) is 5.75 Å². The van der Waals surface area contributed by atoms with Gasteiger partial charge in [-0.25, -0.2) is 4.79 Å². The number of carboxylic acids is 1. The summed E-state index contributed by atoms with van der Waals surface area (Å²) in [5.74, 6) is -0.791. The summed E-state index contributed by atoms with van der Waals surface area (Å²) in [5.41, 5.74) is 8.08. The van der Waals surface area contributed by atoms with Gasteiger partial charge in [-0.05, 0) is 35.9 Å². The first-order chi connectivity index (χ1) is 13.0. The van der Waals surface area contributed by atoms with Crippen LogP contribution >= 0.6 is 0 Å². The molecule has 6 nitrogen and oxygen atoms in total. The second kappa shape index (κ2) is 6.26. The van der Waals surface area contributed by atoms with Gasteiger partial charge in [0.1, 0.15) is 17.1 Å². The van der Waals surface area contributed by atoms with Crippen LogP contribution in [0.3, 0.4) is 0 Å². The lowest BCUT2D eigenvalue weighted by Crippen LogP contribution is -2.05. The number of nitrogens with two attached hydrogens (primary N) is 1. The molecule has 0 radical (unpaired) electrons. The molecule has 0 bridgehead atoms. The monoisotopic (exact) mass is 361 g/mol. The highest BCUT2D eigenvalue weighted by molar-refractivity contribution is 6.08. The molecule has 0 saturated carbocycles. The van der Waals surface area contributed by atoms with Gasteiger partial charge >= 0.3 is 5.97 Å². The Balaban J connectivity index is 2.25. The fourth-order valence-electron chi connectivity index (χ4n) is 3.35. The Kier molecular flexibility index (Phi) is 3.90. The molecule has 0 fully saturated rings. The van der Waals surface area contributed by atoms with Gasteiger partial charge in [0.05, 0.1) is 11.1 Å². The Morgan fingerprint density at radius 1 is 1.04 bits per heavy atom. The van der Waals surface area contributed by atoms with Crippen molar-refractivity contribution in [1.29, 1.82) is 0 Å². The highest BCUT2D eigenvalue weighted by atomic mass is 16.4. The first-order valence-electron chi connectivity index (χ1n) is 8.25. The molecular weight excluding hydrogens is 346 g/mol. The molecule has 4 N–H and O–H groups in total. The Labute approximate surface area is 153 Å². The molecule has 2 aliphatic rings. The van der Waals surface area contributed by atoms with Gasteiger partial charge in [-0.15, -0.1) is 0 Å². The van der Waals surface area contributed by atoms with Crippen LogP contribution in [0.2, 0.25) is 0 Å². The van der Waals surface area contributed by atoms with E-state index in [0.29, 0.717) is 39.0 Å². The zero-order chi connectivity index (χ0) is 19.1. The zero-order valence-corrected chi connectivity index (χ0v) is 14.1. The van der Waals surface area contributed by atoms with Crippen LogP contribution in [0.1, 0.15) is 15.9 Å². The Bertz CT molecular complexity index is 1230. The molecule has 1 aliphatic carbocycles. The smallest absolute Gasteiger partial charge is 0.336 e. The lowest BCUT2D eigenvalue weighted by Gasteiger charge is -2.18. The van der Waals surface area contributed by atoms with E-state index in [0.717, 1.165) is 0 Å². The summed E-state index contributed by atoms with van der Waals surface area (Å²) in [5, 5.41) is 20.4. The second-order valence-electron chi connectivity index (χ2n) is 6.13. The third kappa shape index (κ3) is 2.63. The van der Waals surface area contributed by atoms with Crippen LogP contribution in [0.4, 0.5) is 0 Å². The summed E-state index contributed by atoms with van der Waals surface area (Å²) in [4.78, 5) is 23.6. The highest BCUT2D eigenvalue weighted by Gasteiger charge is 2.23. The molecule has 0 saturated heterocycles. The van der Waals surface area contributed by atoms with Crippen LogP contribution in [0, 0.1) is 0 Å². The predicted octanol–water partition coefficient (Wildman–Crippen LogP) is 3.43. The summed E-state index contributed by atoms with van der Waals surface area (Å²) in [7, 11) is 0. The molecule has 0 atom stereocenters. The van der Waals surface area contributed by atoms with Gasteiger partial charge in [-0.3, -0.25) is 4.79 Å². The normalized spacial score (nSPS) is 11.1. The van der Waals surface area contributed by atoms with Crippen LogP contribution in [0.25, 0.3) is 33.4 Å². The van der Waals surface area contributed by atoms with E-state index in [1.165, 1.54) is 24.3 Å². The average Bonchev–Trinajstić information content (AvgIpc) is 2.66. The minimum atomic E-state index is -1.06. The predicted molar refractivity (Wildman–Crippen MR) is 101 cm³/mol. The number of rotatable bonds is 3. The third-order valence-electron chi connectivity index (χ3n) is 4.57. The summed E-state index contributed by atoms with van der Waals surface area (Å²) < 4.78 is 5.90. The quantitative estimate of drug-likeness (QED) is 0.482. The van der Waals surface area contributed by atoms with Crippen LogP contribution in [-0.2, 0) is 6.54 Å². The number of phenols is 1. The molecule has 4 rings (SSSR count). The van der Waals surface area contributed by atoms with E-state index in [9.17, 15) is 19.8 Å². The maximum Gasteiger partial charge on any atom is 0.336 e. The number of phenolic OH excluding ortho intramolecular Hbond substituents is 1. The van der Waals surface area contributed by atoms with Crippen molar-refractivity contribution in [2.45, 2.75) is 6.54 Å². The Hall–Kier alpha value is -3.64. The molecule has 0 unspecified atom stereocenters. The molecule has 1 heterocycles. The molecule has 2 aromatic rings. The van der Waals surface area contributed by atoms with Gasteiger partial charge < -0.3 is 20.4 Å². The summed E-state index contributed by atoms with van der Waals surface area (Å²) in [6, 6.07) is 14.1. The summed E-state index contributed by atoms with van der Waals surface area (Å²) in [6.45, 7) is 0.0231. The van der Waals surface area contributed by atoms with Crippen LogP contribution < -0.4 is 11.2 Å². The number of fused-ring (bicyclic) bond motifs is 2. The lowest BCUT2D eigenvalue weighted by molar-refractivity contribution is 0.0697. The summed E-state index contributed by atoms with van der Waals surface area (Å²) in [6.07, 6.45) is 0. The number of aromatic hydroxyl groups is 1. The van der Waals surface area contributed by atoms with E-state index in [-0.39, 0.29) is 23.3 Å². The largest absolute Gasteiger partial charge is 0.507 e. The Morgan fingerprint density at radius 2 is 1.81 bits per heavy atom. The van der Waals surface area contributed by atoms with Crippen molar-refractivity contribution < 1.29 is 19.4 Å². The van der Waals surface area contributed by atoms with Crippen LogP contribution in [-0.4, -0.2) is 16.2 Å². The van der Waals surface area contributed by atoms with Crippen molar-refractivity contribution in [3.63, 3.8) is 0 Å². The third-order valence-corrected chi connectivity index (χ3v) is 4.57. The zero-order valence-electron chi connectivity index (χ0n) is 14.1. The first kappa shape index (κ1) is 16.8. The molecule has 27 heavy (non-hydrogen) atoms. The molecule has 0 spiro atoms. The second-order valence-corrected chi connectivity index (χ2v) is 6.13. The lowest BCUT2D eigenvalue weighted by atomic mass is 9.90. The number of carbonyl (C=O) groups is 1. The fraction of sp³-hybridized carbons (Fsp3) is 0.0476. The average molecular weight is 361 g/mol. The number of benzene rings is 3. The number of aromatic carboxylic acids is 1. The van der Waals surface area contributed by atoms with Crippen molar-refractivity contribution in [2.75, 3.05) is 0 Å². The molecule has 134 valence electrons. The van der Waals surface area contributed by atoms with E-state index < -0.39 is 5.97 Å². The minimum Gasteiger partial charge on any atom is -0.507 e. The topological polar surface area (TPSA) is 114 Å². The van der Waals surface area contributed by atoms with E-state index in [4.69, 9.17) is 10.2 Å². The SMILES string of the molecule is NCc1c(O)ccc2c(-c3ccccc3C(=O)O)c3ccc(=O)cc-3oc12. The van der Waals surface area contributed by atoms with Crippen molar-refractivity contribution in [2.24, 2.45) is 5.73 Å². The van der Waals surface area contributed by atoms with Gasteiger partial charge in [0.15, 0.2) is 5.43 Å². The van der Waals surface area contributed by atoms with Gasteiger partial charge in [-0.2, -0.15) is 0 Å². The first-order valence-corrected chi connectivity index (χ1v) is 8.25. The molecule has 0 amide bonds. The van der Waals surface area contributed by atoms with Crippen molar-refractivity contribution in [3.8, 4) is 28.2 Å². The van der Waals surface area contributed by atoms with Gasteiger partial charge in [0.2, 0.25) is 0 Å². The standard InChI is InChI=1S/C21H15NO5/c22-10-16-17(24)8-7-15-19(12-3-1-2-4-13(12)21(25)26)14-6-5-11(23)9-18(14)27-20(15)16/h1-9,24H,10,22H2,(H,25,26). The van der Waals surface area contributed by atoms with E-state index >= 15 is 0 Å². The maximum absolute atomic E-state index is 11.8. The fourth-order valence-corrected chi connectivity index (χ4v) is 3.35. The number of hydrogen-bond acceptors (Lipinski definition) is 5. The van der Waals surface area contributed by atoms with E-state index in [2.05, 4.69) is 0 Å². The van der Waals surface area contributed by atoms with Gasteiger partial charge in [0.25, 0.3) is 0 Å². The number of hydrogen-bond donors (Lipinski definition) is 3. The minimum absolute atomic E-state index is 0.0231. The van der Waals surface area contributed by atoms with Crippen LogP contribution in [0.15, 0.2) is 63.8 Å². The van der Waals surface area contributed by atoms with Gasteiger partial charge in [0, 0.05) is 29.1 Å². The van der Waals surface area contributed by atoms with E-state index in [1.54, 1.807) is 30.3 Å². The number of carboxylic acid groups (broad SMARTS) is 1.